The number of ether oxygens (including phenoxy) is 1. The van der Waals surface area contributed by atoms with Gasteiger partial charge in [-0.05, 0) is 50.2 Å². The molecule has 1 heterocycles. The molecule has 1 aliphatic heterocycles. The largest absolute Gasteiger partial charge is 0.491 e. The first-order valence-electron chi connectivity index (χ1n) is 9.64. The average molecular weight is 372 g/mol. The van der Waals surface area contributed by atoms with Crippen molar-refractivity contribution in [1.29, 1.82) is 0 Å². The van der Waals surface area contributed by atoms with E-state index in [1.807, 2.05) is 24.3 Å². The van der Waals surface area contributed by atoms with Gasteiger partial charge in [0, 0.05) is 31.2 Å². The summed E-state index contributed by atoms with van der Waals surface area (Å²) in [7, 11) is 2.16. The Morgan fingerprint density at radius 3 is 2.70 bits per heavy atom. The summed E-state index contributed by atoms with van der Waals surface area (Å²) in [5, 5.41) is 8.82. The van der Waals surface area contributed by atoms with E-state index in [1.165, 1.54) is 18.1 Å². The molecule has 0 unspecified atom stereocenters. The lowest BCUT2D eigenvalue weighted by Crippen LogP contribution is -2.45. The summed E-state index contributed by atoms with van der Waals surface area (Å²) in [6.07, 6.45) is 2.30. The number of rotatable bonds is 8. The molecule has 0 amide bonds. The summed E-state index contributed by atoms with van der Waals surface area (Å²) in [4.78, 5) is 4.74. The molecular formula is C22H29FN2O2. The quantitative estimate of drug-likeness (QED) is 0.771. The van der Waals surface area contributed by atoms with Crippen LogP contribution in [0.3, 0.4) is 0 Å². The molecule has 3 rings (SSSR count). The number of benzene rings is 2. The Morgan fingerprint density at radius 2 is 1.96 bits per heavy atom. The Balaban J connectivity index is 1.53. The van der Waals surface area contributed by atoms with Crippen LogP contribution in [0, 0.1) is 5.82 Å². The van der Waals surface area contributed by atoms with Gasteiger partial charge >= 0.3 is 0 Å². The van der Waals surface area contributed by atoms with Gasteiger partial charge in [0.1, 0.15) is 18.2 Å². The van der Waals surface area contributed by atoms with E-state index in [1.54, 1.807) is 6.07 Å². The van der Waals surface area contributed by atoms with Crippen LogP contribution in [0.5, 0.6) is 5.75 Å². The highest BCUT2D eigenvalue weighted by molar-refractivity contribution is 5.27. The van der Waals surface area contributed by atoms with Gasteiger partial charge in [0.25, 0.3) is 0 Å². The lowest BCUT2D eigenvalue weighted by atomic mass is 10.0. The van der Waals surface area contributed by atoms with Crippen molar-refractivity contribution in [3.8, 4) is 5.75 Å². The maximum atomic E-state index is 13.9. The van der Waals surface area contributed by atoms with Gasteiger partial charge in [-0.1, -0.05) is 30.3 Å². The summed E-state index contributed by atoms with van der Waals surface area (Å²) < 4.78 is 19.3. The van der Waals surface area contributed by atoms with Crippen molar-refractivity contribution in [3.05, 3.63) is 65.5 Å². The second-order valence-corrected chi connectivity index (χ2v) is 7.25. The molecule has 1 N–H and O–H groups in total. The van der Waals surface area contributed by atoms with Crippen LogP contribution in [0.4, 0.5) is 4.39 Å². The van der Waals surface area contributed by atoms with E-state index < -0.39 is 0 Å². The van der Waals surface area contributed by atoms with Crippen molar-refractivity contribution < 1.29 is 14.2 Å². The molecule has 0 spiro atoms. The first-order chi connectivity index (χ1) is 13.2. The van der Waals surface area contributed by atoms with Crippen LogP contribution in [0.15, 0.2) is 48.5 Å². The van der Waals surface area contributed by atoms with Crippen LogP contribution >= 0.6 is 0 Å². The van der Waals surface area contributed by atoms with E-state index in [9.17, 15) is 4.39 Å². The van der Waals surface area contributed by atoms with Crippen LogP contribution in [-0.2, 0) is 13.1 Å². The topological polar surface area (TPSA) is 35.9 Å². The fourth-order valence-electron chi connectivity index (χ4n) is 3.67. The fourth-order valence-corrected chi connectivity index (χ4v) is 3.67. The maximum Gasteiger partial charge on any atom is 0.127 e. The Hall–Kier alpha value is -1.95. The molecule has 2 aromatic carbocycles. The molecule has 0 radical (unpaired) electrons. The number of likely N-dealkylation sites (N-methyl/N-ethyl adjacent to an activating group) is 1. The lowest BCUT2D eigenvalue weighted by molar-refractivity contribution is 0.106. The monoisotopic (exact) mass is 372 g/mol. The van der Waals surface area contributed by atoms with Crippen molar-refractivity contribution in [2.45, 2.75) is 32.0 Å². The molecule has 0 aromatic heterocycles. The van der Waals surface area contributed by atoms with Gasteiger partial charge in [0.2, 0.25) is 0 Å². The maximum absolute atomic E-state index is 13.9. The van der Waals surface area contributed by atoms with Crippen LogP contribution in [0.1, 0.15) is 24.0 Å². The van der Waals surface area contributed by atoms with Crippen molar-refractivity contribution in [2.75, 3.05) is 33.4 Å². The highest BCUT2D eigenvalue weighted by Gasteiger charge is 2.23. The minimum Gasteiger partial charge on any atom is -0.491 e. The van der Waals surface area contributed by atoms with Crippen molar-refractivity contribution in [3.63, 3.8) is 0 Å². The summed E-state index contributed by atoms with van der Waals surface area (Å²) in [6, 6.07) is 15.6. The fraction of sp³-hybridized carbons (Fsp3) is 0.455. The minimum absolute atomic E-state index is 0.0234. The molecule has 1 aliphatic rings. The molecule has 146 valence electrons. The first kappa shape index (κ1) is 19.8. The summed E-state index contributed by atoms with van der Waals surface area (Å²) in [6.45, 7) is 3.87. The standard InChI is InChI=1S/C22H29FN2O2/c1-24(15-18-8-10-21(11-9-18)27-14-13-26)20-6-4-12-25(17-20)16-19-5-2-3-7-22(19)23/h2-3,5,7-11,20,26H,4,6,12-17H2,1H3/t20-/m1/s1. The van der Waals surface area contributed by atoms with Crippen molar-refractivity contribution in [2.24, 2.45) is 0 Å². The second-order valence-electron chi connectivity index (χ2n) is 7.25. The predicted molar refractivity (Wildman–Crippen MR) is 105 cm³/mol. The average Bonchev–Trinajstić information content (AvgIpc) is 2.69. The van der Waals surface area contributed by atoms with Gasteiger partial charge in [0.05, 0.1) is 6.61 Å². The van der Waals surface area contributed by atoms with E-state index in [4.69, 9.17) is 9.84 Å². The van der Waals surface area contributed by atoms with Crippen LogP contribution < -0.4 is 4.74 Å². The van der Waals surface area contributed by atoms with Gasteiger partial charge in [-0.15, -0.1) is 0 Å². The number of hydrogen-bond donors (Lipinski definition) is 1. The molecule has 1 atom stereocenters. The SMILES string of the molecule is CN(Cc1ccc(OCCO)cc1)[C@@H]1CCCN(Cc2ccccc2F)C1. The third-order valence-corrected chi connectivity index (χ3v) is 5.17. The van der Waals surface area contributed by atoms with Crippen LogP contribution in [0.2, 0.25) is 0 Å². The Bertz CT molecular complexity index is 708. The molecule has 0 saturated carbocycles. The van der Waals surface area contributed by atoms with Gasteiger partial charge < -0.3 is 9.84 Å². The molecule has 0 aliphatic carbocycles. The zero-order valence-electron chi connectivity index (χ0n) is 16.0. The lowest BCUT2D eigenvalue weighted by Gasteiger charge is -2.37. The summed E-state index contributed by atoms with van der Waals surface area (Å²) >= 11 is 0. The molecule has 1 fully saturated rings. The van der Waals surface area contributed by atoms with Gasteiger partial charge in [-0.3, -0.25) is 9.80 Å². The van der Waals surface area contributed by atoms with Crippen LogP contribution in [0.25, 0.3) is 0 Å². The van der Waals surface area contributed by atoms with E-state index in [0.717, 1.165) is 37.4 Å². The number of hydrogen-bond acceptors (Lipinski definition) is 4. The number of nitrogens with zero attached hydrogens (tertiary/aromatic N) is 2. The Morgan fingerprint density at radius 1 is 1.19 bits per heavy atom. The number of aliphatic hydroxyl groups is 1. The van der Waals surface area contributed by atoms with E-state index in [2.05, 4.69) is 29.0 Å². The van der Waals surface area contributed by atoms with Gasteiger partial charge in [-0.25, -0.2) is 4.39 Å². The van der Waals surface area contributed by atoms with Gasteiger partial charge in [-0.2, -0.15) is 0 Å². The van der Waals surface area contributed by atoms with Gasteiger partial charge in [0.15, 0.2) is 0 Å². The summed E-state index contributed by atoms with van der Waals surface area (Å²) in [5.41, 5.74) is 2.01. The number of piperidine rings is 1. The van der Waals surface area contributed by atoms with Crippen molar-refractivity contribution in [1.82, 2.24) is 9.80 Å². The number of halogens is 1. The minimum atomic E-state index is -0.114. The summed E-state index contributed by atoms with van der Waals surface area (Å²) in [5.74, 6) is 0.667. The first-order valence-corrected chi connectivity index (χ1v) is 9.64. The van der Waals surface area contributed by atoms with E-state index >= 15 is 0 Å². The van der Waals surface area contributed by atoms with E-state index in [-0.39, 0.29) is 12.4 Å². The molecule has 1 saturated heterocycles. The molecule has 5 heteroatoms. The number of aliphatic hydroxyl groups excluding tert-OH is 1. The highest BCUT2D eigenvalue weighted by atomic mass is 19.1. The smallest absolute Gasteiger partial charge is 0.127 e. The highest BCUT2D eigenvalue weighted by Crippen LogP contribution is 2.20. The normalized spacial score (nSPS) is 18.0. The zero-order valence-corrected chi connectivity index (χ0v) is 16.0. The van der Waals surface area contributed by atoms with Crippen LogP contribution in [-0.4, -0.2) is 54.3 Å². The molecule has 2 aromatic rings. The second kappa shape index (κ2) is 9.83. The molecule has 4 nitrogen and oxygen atoms in total. The zero-order chi connectivity index (χ0) is 19.1. The molecule has 0 bridgehead atoms. The van der Waals surface area contributed by atoms with Crippen molar-refractivity contribution >= 4 is 0 Å². The molecule has 27 heavy (non-hydrogen) atoms. The third-order valence-electron chi connectivity index (χ3n) is 5.17. The Kier molecular flexibility index (Phi) is 7.21. The predicted octanol–water partition coefficient (Wildman–Crippen LogP) is 3.29. The third kappa shape index (κ3) is 5.76. The molecular weight excluding hydrogens is 343 g/mol. The Labute approximate surface area is 161 Å². The number of likely N-dealkylation sites (tertiary alicyclic amines) is 1. The van der Waals surface area contributed by atoms with E-state index in [0.29, 0.717) is 19.2 Å².